The minimum absolute atomic E-state index is 0.319. The predicted octanol–water partition coefficient (Wildman–Crippen LogP) is 3.26. The molecule has 0 rings (SSSR count). The van der Waals surface area contributed by atoms with Gasteiger partial charge < -0.3 is 5.32 Å². The summed E-state index contributed by atoms with van der Waals surface area (Å²) in [5.41, 5.74) is 0. The first kappa shape index (κ1) is 16.0. The molecule has 0 aromatic rings. The van der Waals surface area contributed by atoms with Gasteiger partial charge >= 0.3 is 12.1 Å². The SMILES string of the molecule is CCCC(S)CC(NC)C(F)(F)C(F)(F)F. The third kappa shape index (κ3) is 4.08. The van der Waals surface area contributed by atoms with E-state index in [1.54, 1.807) is 0 Å². The number of hydrogen-bond acceptors (Lipinski definition) is 2. The van der Waals surface area contributed by atoms with Crippen molar-refractivity contribution in [3.05, 3.63) is 0 Å². The molecule has 0 aromatic heterocycles. The van der Waals surface area contributed by atoms with Crippen LogP contribution in [0.3, 0.4) is 0 Å². The van der Waals surface area contributed by atoms with Crippen LogP contribution in [0.1, 0.15) is 26.2 Å². The minimum atomic E-state index is -5.53. The van der Waals surface area contributed by atoms with Gasteiger partial charge in [0.05, 0.1) is 6.04 Å². The summed E-state index contributed by atoms with van der Waals surface area (Å²) in [6.45, 7) is 1.82. The van der Waals surface area contributed by atoms with Gasteiger partial charge in [0.1, 0.15) is 0 Å². The van der Waals surface area contributed by atoms with Crippen molar-refractivity contribution in [3.63, 3.8) is 0 Å². The van der Waals surface area contributed by atoms with Crippen molar-refractivity contribution in [1.82, 2.24) is 5.32 Å². The highest BCUT2D eigenvalue weighted by molar-refractivity contribution is 7.80. The number of halogens is 5. The highest BCUT2D eigenvalue weighted by Crippen LogP contribution is 2.39. The van der Waals surface area contributed by atoms with E-state index in [-0.39, 0.29) is 6.42 Å². The fourth-order valence-electron chi connectivity index (χ4n) is 1.37. The van der Waals surface area contributed by atoms with Gasteiger partial charge in [-0.15, -0.1) is 0 Å². The van der Waals surface area contributed by atoms with Crippen molar-refractivity contribution in [3.8, 4) is 0 Å². The molecule has 1 nitrogen and oxygen atoms in total. The molecule has 0 aliphatic carbocycles. The lowest BCUT2D eigenvalue weighted by Gasteiger charge is -2.29. The monoisotopic (exact) mass is 265 g/mol. The van der Waals surface area contributed by atoms with E-state index in [4.69, 9.17) is 0 Å². The van der Waals surface area contributed by atoms with E-state index in [2.05, 4.69) is 12.6 Å². The van der Waals surface area contributed by atoms with E-state index >= 15 is 0 Å². The summed E-state index contributed by atoms with van der Waals surface area (Å²) in [6, 6.07) is -1.93. The molecule has 98 valence electrons. The van der Waals surface area contributed by atoms with Gasteiger partial charge in [0.2, 0.25) is 0 Å². The molecule has 0 amide bonds. The van der Waals surface area contributed by atoms with Crippen LogP contribution in [0.2, 0.25) is 0 Å². The van der Waals surface area contributed by atoms with E-state index in [1.807, 2.05) is 12.2 Å². The van der Waals surface area contributed by atoms with E-state index in [1.165, 1.54) is 0 Å². The van der Waals surface area contributed by atoms with E-state index in [0.717, 1.165) is 7.05 Å². The van der Waals surface area contributed by atoms with Crippen LogP contribution < -0.4 is 5.32 Å². The number of hydrogen-bond donors (Lipinski definition) is 2. The normalized spacial score (nSPS) is 17.2. The Bertz CT molecular complexity index is 207. The maximum atomic E-state index is 13.0. The Morgan fingerprint density at radius 1 is 1.19 bits per heavy atom. The summed E-state index contributed by atoms with van der Waals surface area (Å²) in [5.74, 6) is -4.73. The second kappa shape index (κ2) is 6.05. The molecule has 2 unspecified atom stereocenters. The summed E-state index contributed by atoms with van der Waals surface area (Å²) < 4.78 is 62.2. The Hall–Kier alpha value is -0.0400. The summed E-state index contributed by atoms with van der Waals surface area (Å²) in [4.78, 5) is 0. The molecule has 0 aliphatic heterocycles. The first-order chi connectivity index (χ1) is 7.16. The topological polar surface area (TPSA) is 12.0 Å². The van der Waals surface area contributed by atoms with Gasteiger partial charge in [0, 0.05) is 5.25 Å². The van der Waals surface area contributed by atoms with Gasteiger partial charge in [-0.05, 0) is 19.9 Å². The fourth-order valence-corrected chi connectivity index (χ4v) is 1.84. The second-order valence-corrected chi connectivity index (χ2v) is 4.37. The number of alkyl halides is 5. The highest BCUT2D eigenvalue weighted by Gasteiger charge is 2.61. The van der Waals surface area contributed by atoms with Gasteiger partial charge in [0.25, 0.3) is 0 Å². The first-order valence-electron chi connectivity index (χ1n) is 4.96. The molecule has 7 heteroatoms. The third-order valence-electron chi connectivity index (χ3n) is 2.29. The van der Waals surface area contributed by atoms with Gasteiger partial charge in [0.15, 0.2) is 0 Å². The zero-order chi connectivity index (χ0) is 13.0. The van der Waals surface area contributed by atoms with Gasteiger partial charge in [-0.2, -0.15) is 34.6 Å². The summed E-state index contributed by atoms with van der Waals surface area (Å²) in [5, 5.41) is 1.56. The molecule has 2 atom stereocenters. The molecule has 16 heavy (non-hydrogen) atoms. The zero-order valence-corrected chi connectivity index (χ0v) is 10.0. The molecule has 0 aliphatic rings. The molecule has 0 spiro atoms. The predicted molar refractivity (Wildman–Crippen MR) is 56.1 cm³/mol. The maximum absolute atomic E-state index is 13.0. The highest BCUT2D eigenvalue weighted by atomic mass is 32.1. The molecular formula is C9H16F5NS. The molecule has 0 bridgehead atoms. The standard InChI is InChI=1S/C9H16F5NS/c1-3-4-6(16)5-7(15-2)8(10,11)9(12,13)14/h6-7,15-16H,3-5H2,1-2H3. The van der Waals surface area contributed by atoms with Crippen LogP contribution in [0, 0.1) is 0 Å². The Morgan fingerprint density at radius 3 is 2.00 bits per heavy atom. The average molecular weight is 265 g/mol. The van der Waals surface area contributed by atoms with E-state index in [9.17, 15) is 22.0 Å². The van der Waals surface area contributed by atoms with Crippen molar-refractivity contribution >= 4 is 12.6 Å². The lowest BCUT2D eigenvalue weighted by molar-refractivity contribution is -0.293. The van der Waals surface area contributed by atoms with E-state index < -0.39 is 23.4 Å². The quantitative estimate of drug-likeness (QED) is 0.555. The van der Waals surface area contributed by atoms with Gasteiger partial charge in [-0.3, -0.25) is 0 Å². The van der Waals surface area contributed by atoms with Crippen LogP contribution in [-0.4, -0.2) is 30.4 Å². The average Bonchev–Trinajstić information content (AvgIpc) is 2.12. The molecule has 0 saturated heterocycles. The second-order valence-electron chi connectivity index (χ2n) is 3.64. The summed E-state index contributed by atoms with van der Waals surface area (Å²) in [6.07, 6.45) is -4.64. The molecule has 0 fully saturated rings. The summed E-state index contributed by atoms with van der Waals surface area (Å²) in [7, 11) is 1.09. The first-order valence-corrected chi connectivity index (χ1v) is 5.48. The maximum Gasteiger partial charge on any atom is 0.454 e. The van der Waals surface area contributed by atoms with Crippen LogP contribution in [0.4, 0.5) is 22.0 Å². The largest absolute Gasteiger partial charge is 0.454 e. The van der Waals surface area contributed by atoms with Gasteiger partial charge in [-0.1, -0.05) is 13.3 Å². The van der Waals surface area contributed by atoms with Crippen LogP contribution >= 0.6 is 12.6 Å². The Labute approximate surface area is 97.2 Å². The fraction of sp³-hybridized carbons (Fsp3) is 1.00. The molecule has 0 aromatic carbocycles. The van der Waals surface area contributed by atoms with Crippen LogP contribution in [-0.2, 0) is 0 Å². The van der Waals surface area contributed by atoms with Crippen molar-refractivity contribution in [2.45, 2.75) is 49.6 Å². The Morgan fingerprint density at radius 2 is 1.69 bits per heavy atom. The third-order valence-corrected chi connectivity index (χ3v) is 2.76. The molecule has 1 N–H and O–H groups in total. The lowest BCUT2D eigenvalue weighted by atomic mass is 10.0. The Balaban J connectivity index is 4.60. The molecular weight excluding hydrogens is 249 g/mol. The van der Waals surface area contributed by atoms with Crippen LogP contribution in [0.25, 0.3) is 0 Å². The molecule has 0 heterocycles. The number of rotatable bonds is 6. The lowest BCUT2D eigenvalue weighted by Crippen LogP contribution is -2.53. The smallest absolute Gasteiger partial charge is 0.311 e. The van der Waals surface area contributed by atoms with Crippen LogP contribution in [0.15, 0.2) is 0 Å². The van der Waals surface area contributed by atoms with Crippen molar-refractivity contribution in [2.24, 2.45) is 0 Å². The number of nitrogens with one attached hydrogen (secondary N) is 1. The van der Waals surface area contributed by atoms with E-state index in [0.29, 0.717) is 12.8 Å². The summed E-state index contributed by atoms with van der Waals surface area (Å²) >= 11 is 3.99. The van der Waals surface area contributed by atoms with Crippen molar-refractivity contribution < 1.29 is 22.0 Å². The van der Waals surface area contributed by atoms with Crippen molar-refractivity contribution in [2.75, 3.05) is 7.05 Å². The number of thiol groups is 1. The minimum Gasteiger partial charge on any atom is -0.311 e. The molecule has 0 radical (unpaired) electrons. The Kier molecular flexibility index (Phi) is 6.03. The zero-order valence-electron chi connectivity index (χ0n) is 9.11. The van der Waals surface area contributed by atoms with Gasteiger partial charge in [-0.25, -0.2) is 0 Å². The van der Waals surface area contributed by atoms with Crippen molar-refractivity contribution in [1.29, 1.82) is 0 Å². The van der Waals surface area contributed by atoms with Crippen LogP contribution in [0.5, 0.6) is 0 Å². The molecule has 0 saturated carbocycles.